The van der Waals surface area contributed by atoms with Crippen LogP contribution in [0.25, 0.3) is 17.1 Å². The van der Waals surface area contributed by atoms with Crippen LogP contribution in [0, 0.1) is 13.8 Å². The standard InChI is InChI=1S/C16H16N2O/c1-11-5-7-13(17)10-15(11)18-12(2)6-8-14(18)16-4-3-9-19-16/h3-10H,17H2,1-2H3. The molecule has 96 valence electrons. The maximum absolute atomic E-state index is 5.92. The number of nitrogens with two attached hydrogens (primary N) is 1. The average Bonchev–Trinajstić information content (AvgIpc) is 3.01. The van der Waals surface area contributed by atoms with Crippen LogP contribution >= 0.6 is 0 Å². The van der Waals surface area contributed by atoms with Gasteiger partial charge in [0.15, 0.2) is 5.76 Å². The summed E-state index contributed by atoms with van der Waals surface area (Å²) in [6.07, 6.45) is 1.69. The molecule has 0 fully saturated rings. The van der Waals surface area contributed by atoms with Crippen LogP contribution in [-0.4, -0.2) is 4.57 Å². The van der Waals surface area contributed by atoms with Gasteiger partial charge in [-0.3, -0.25) is 0 Å². The summed E-state index contributed by atoms with van der Waals surface area (Å²) in [5.74, 6) is 0.856. The number of nitrogen functional groups attached to an aromatic ring is 1. The molecule has 19 heavy (non-hydrogen) atoms. The minimum absolute atomic E-state index is 0.763. The zero-order valence-corrected chi connectivity index (χ0v) is 11.1. The van der Waals surface area contributed by atoms with Crippen molar-refractivity contribution < 1.29 is 4.42 Å². The van der Waals surface area contributed by atoms with E-state index in [1.54, 1.807) is 6.26 Å². The summed E-state index contributed by atoms with van der Waals surface area (Å²) in [7, 11) is 0. The van der Waals surface area contributed by atoms with Crippen LogP contribution in [0.1, 0.15) is 11.3 Å². The Balaban J connectivity index is 2.25. The Kier molecular flexibility index (Phi) is 2.67. The summed E-state index contributed by atoms with van der Waals surface area (Å²) in [5.41, 5.74) is 11.1. The van der Waals surface area contributed by atoms with Crippen molar-refractivity contribution in [3.63, 3.8) is 0 Å². The Morgan fingerprint density at radius 1 is 1.05 bits per heavy atom. The number of aryl methyl sites for hydroxylation is 2. The minimum Gasteiger partial charge on any atom is -0.463 e. The van der Waals surface area contributed by atoms with E-state index in [1.165, 1.54) is 5.56 Å². The number of aromatic nitrogens is 1. The fourth-order valence-corrected chi connectivity index (χ4v) is 2.34. The van der Waals surface area contributed by atoms with E-state index in [2.05, 4.69) is 30.5 Å². The second-order valence-electron chi connectivity index (χ2n) is 4.72. The zero-order valence-electron chi connectivity index (χ0n) is 11.1. The van der Waals surface area contributed by atoms with Crippen LogP contribution < -0.4 is 5.73 Å². The normalized spacial score (nSPS) is 10.8. The van der Waals surface area contributed by atoms with Crippen LogP contribution in [-0.2, 0) is 0 Å². The van der Waals surface area contributed by atoms with Crippen LogP contribution in [0.3, 0.4) is 0 Å². The molecule has 0 radical (unpaired) electrons. The third-order valence-electron chi connectivity index (χ3n) is 3.32. The zero-order chi connectivity index (χ0) is 13.4. The summed E-state index contributed by atoms with van der Waals surface area (Å²) in [5, 5.41) is 0. The fraction of sp³-hybridized carbons (Fsp3) is 0.125. The van der Waals surface area contributed by atoms with Crippen molar-refractivity contribution in [3.8, 4) is 17.1 Å². The molecule has 2 aromatic heterocycles. The quantitative estimate of drug-likeness (QED) is 0.702. The molecule has 0 aliphatic heterocycles. The molecule has 0 spiro atoms. The highest BCUT2D eigenvalue weighted by Gasteiger charge is 2.13. The van der Waals surface area contributed by atoms with Gasteiger partial charge in [-0.15, -0.1) is 0 Å². The van der Waals surface area contributed by atoms with E-state index >= 15 is 0 Å². The van der Waals surface area contributed by atoms with Crippen molar-refractivity contribution in [1.82, 2.24) is 4.57 Å². The topological polar surface area (TPSA) is 44.1 Å². The first-order chi connectivity index (χ1) is 9.16. The molecule has 0 unspecified atom stereocenters. The Morgan fingerprint density at radius 3 is 2.63 bits per heavy atom. The van der Waals surface area contributed by atoms with Gasteiger partial charge in [0.05, 0.1) is 17.6 Å². The van der Waals surface area contributed by atoms with Gasteiger partial charge in [0, 0.05) is 11.4 Å². The molecular formula is C16H16N2O. The van der Waals surface area contributed by atoms with Crippen LogP contribution in [0.5, 0.6) is 0 Å². The molecular weight excluding hydrogens is 236 g/mol. The lowest BCUT2D eigenvalue weighted by Gasteiger charge is -2.14. The Morgan fingerprint density at radius 2 is 1.89 bits per heavy atom. The van der Waals surface area contributed by atoms with Gasteiger partial charge in [0.25, 0.3) is 0 Å². The van der Waals surface area contributed by atoms with Crippen molar-refractivity contribution in [3.05, 3.63) is 60.0 Å². The highest BCUT2D eigenvalue weighted by molar-refractivity contribution is 5.62. The van der Waals surface area contributed by atoms with Gasteiger partial charge in [0.2, 0.25) is 0 Å². The molecule has 0 atom stereocenters. The van der Waals surface area contributed by atoms with Gasteiger partial charge >= 0.3 is 0 Å². The third kappa shape index (κ3) is 1.93. The molecule has 3 heteroatoms. The van der Waals surface area contributed by atoms with E-state index in [0.717, 1.165) is 28.5 Å². The fourth-order valence-electron chi connectivity index (χ4n) is 2.34. The molecule has 2 heterocycles. The largest absolute Gasteiger partial charge is 0.463 e. The molecule has 0 saturated carbocycles. The predicted octanol–water partition coefficient (Wildman–Crippen LogP) is 3.94. The Hall–Kier alpha value is -2.42. The van der Waals surface area contributed by atoms with E-state index < -0.39 is 0 Å². The van der Waals surface area contributed by atoms with Crippen LogP contribution in [0.15, 0.2) is 53.1 Å². The maximum atomic E-state index is 5.92. The number of nitrogens with zero attached hydrogens (tertiary/aromatic N) is 1. The molecule has 0 aliphatic carbocycles. The lowest BCUT2D eigenvalue weighted by atomic mass is 10.1. The third-order valence-corrected chi connectivity index (χ3v) is 3.32. The average molecular weight is 252 g/mol. The molecule has 1 aromatic carbocycles. The molecule has 3 nitrogen and oxygen atoms in total. The molecule has 2 N–H and O–H groups in total. The summed E-state index contributed by atoms with van der Waals surface area (Å²) in [4.78, 5) is 0. The summed E-state index contributed by atoms with van der Waals surface area (Å²) in [6, 6.07) is 14.0. The lowest BCUT2D eigenvalue weighted by Crippen LogP contribution is -2.02. The van der Waals surface area contributed by atoms with Crippen molar-refractivity contribution in [2.75, 3.05) is 5.73 Å². The van der Waals surface area contributed by atoms with E-state index in [9.17, 15) is 0 Å². The van der Waals surface area contributed by atoms with Crippen LogP contribution in [0.4, 0.5) is 5.69 Å². The second-order valence-corrected chi connectivity index (χ2v) is 4.72. The summed E-state index contributed by atoms with van der Waals surface area (Å²) < 4.78 is 7.68. The van der Waals surface area contributed by atoms with Crippen molar-refractivity contribution in [2.24, 2.45) is 0 Å². The van der Waals surface area contributed by atoms with Crippen LogP contribution in [0.2, 0.25) is 0 Å². The van der Waals surface area contributed by atoms with Gasteiger partial charge < -0.3 is 14.7 Å². The first-order valence-electron chi connectivity index (χ1n) is 6.25. The Bertz CT molecular complexity index is 708. The molecule has 0 aliphatic rings. The monoisotopic (exact) mass is 252 g/mol. The van der Waals surface area contributed by atoms with Gasteiger partial charge in [-0.2, -0.15) is 0 Å². The Labute approximate surface area is 112 Å². The second kappa shape index (κ2) is 4.35. The molecule has 0 bridgehead atoms. The number of benzene rings is 1. The number of hydrogen-bond donors (Lipinski definition) is 1. The highest BCUT2D eigenvalue weighted by Crippen LogP contribution is 2.29. The van der Waals surface area contributed by atoms with E-state index in [1.807, 2.05) is 30.3 Å². The smallest absolute Gasteiger partial charge is 0.150 e. The molecule has 3 rings (SSSR count). The minimum atomic E-state index is 0.763. The molecule has 3 aromatic rings. The number of furan rings is 1. The lowest BCUT2D eigenvalue weighted by molar-refractivity contribution is 0.578. The van der Waals surface area contributed by atoms with Gasteiger partial charge in [0.1, 0.15) is 0 Å². The first-order valence-corrected chi connectivity index (χ1v) is 6.25. The van der Waals surface area contributed by atoms with Gasteiger partial charge in [-0.25, -0.2) is 0 Å². The van der Waals surface area contributed by atoms with E-state index in [0.29, 0.717) is 0 Å². The van der Waals surface area contributed by atoms with Gasteiger partial charge in [-0.1, -0.05) is 6.07 Å². The number of anilines is 1. The van der Waals surface area contributed by atoms with Crippen molar-refractivity contribution >= 4 is 5.69 Å². The van der Waals surface area contributed by atoms with E-state index in [-0.39, 0.29) is 0 Å². The predicted molar refractivity (Wildman–Crippen MR) is 77.4 cm³/mol. The van der Waals surface area contributed by atoms with Crippen molar-refractivity contribution in [1.29, 1.82) is 0 Å². The maximum Gasteiger partial charge on any atom is 0.150 e. The number of hydrogen-bond acceptors (Lipinski definition) is 2. The van der Waals surface area contributed by atoms with E-state index in [4.69, 9.17) is 10.2 Å². The van der Waals surface area contributed by atoms with Crippen molar-refractivity contribution in [2.45, 2.75) is 13.8 Å². The summed E-state index contributed by atoms with van der Waals surface area (Å²) in [6.45, 7) is 4.16. The number of rotatable bonds is 2. The molecule has 0 amide bonds. The van der Waals surface area contributed by atoms with Gasteiger partial charge in [-0.05, 0) is 55.8 Å². The highest BCUT2D eigenvalue weighted by atomic mass is 16.3. The SMILES string of the molecule is Cc1ccc(N)cc1-n1c(C)ccc1-c1ccco1. The first kappa shape index (κ1) is 11.7. The summed E-state index contributed by atoms with van der Waals surface area (Å²) >= 11 is 0. The molecule has 0 saturated heterocycles.